The van der Waals surface area contributed by atoms with Crippen LogP contribution < -0.4 is 10.1 Å². The van der Waals surface area contributed by atoms with Gasteiger partial charge in [0, 0.05) is 12.2 Å². The van der Waals surface area contributed by atoms with Crippen LogP contribution in [0, 0.1) is 0 Å². The number of rotatable bonds is 2. The summed E-state index contributed by atoms with van der Waals surface area (Å²) in [4.78, 5) is 23.7. The fourth-order valence-corrected chi connectivity index (χ4v) is 2.49. The van der Waals surface area contributed by atoms with Crippen LogP contribution in [-0.4, -0.2) is 30.5 Å². The lowest BCUT2D eigenvalue weighted by molar-refractivity contribution is -0.118. The molecule has 2 aliphatic rings. The van der Waals surface area contributed by atoms with E-state index in [-0.39, 0.29) is 18.3 Å². The van der Waals surface area contributed by atoms with Crippen LogP contribution in [0.15, 0.2) is 18.2 Å². The van der Waals surface area contributed by atoms with Gasteiger partial charge >= 0.3 is 0 Å². The molecule has 1 fully saturated rings. The standard InChI is InChI=1S/C14H15NO4/c1-14(5-2-6-19-14)13(17)9-3-4-11-10(7-9)15-12(16)8-18-11/h3-4,7H,2,5-6,8H2,1H3,(H,15,16). The van der Waals surface area contributed by atoms with Gasteiger partial charge in [-0.3, -0.25) is 9.59 Å². The molecular formula is C14H15NO4. The number of Topliss-reactive ketones (excluding diaryl/α,β-unsaturated/α-hetero) is 1. The molecule has 1 amide bonds. The first-order chi connectivity index (χ1) is 9.08. The minimum absolute atomic E-state index is 0.0150. The van der Waals surface area contributed by atoms with E-state index in [9.17, 15) is 9.59 Å². The minimum Gasteiger partial charge on any atom is -0.482 e. The van der Waals surface area contributed by atoms with Gasteiger partial charge in [0.15, 0.2) is 12.4 Å². The summed E-state index contributed by atoms with van der Waals surface area (Å²) in [6.45, 7) is 2.45. The molecule has 1 atom stereocenters. The second-order valence-electron chi connectivity index (χ2n) is 5.06. The second kappa shape index (κ2) is 4.35. The van der Waals surface area contributed by atoms with Gasteiger partial charge < -0.3 is 14.8 Å². The fourth-order valence-electron chi connectivity index (χ4n) is 2.49. The van der Waals surface area contributed by atoms with Crippen molar-refractivity contribution in [3.63, 3.8) is 0 Å². The highest BCUT2D eigenvalue weighted by Crippen LogP contribution is 2.33. The van der Waals surface area contributed by atoms with Crippen molar-refractivity contribution >= 4 is 17.4 Å². The smallest absolute Gasteiger partial charge is 0.262 e. The number of anilines is 1. The number of ketones is 1. The Balaban J connectivity index is 1.91. The van der Waals surface area contributed by atoms with Crippen LogP contribution in [0.3, 0.4) is 0 Å². The second-order valence-corrected chi connectivity index (χ2v) is 5.06. The van der Waals surface area contributed by atoms with Crippen LogP contribution in [0.5, 0.6) is 5.75 Å². The number of carbonyl (C=O) groups excluding carboxylic acids is 2. The monoisotopic (exact) mass is 261 g/mol. The van der Waals surface area contributed by atoms with Gasteiger partial charge in [0.2, 0.25) is 0 Å². The van der Waals surface area contributed by atoms with E-state index >= 15 is 0 Å². The molecule has 0 radical (unpaired) electrons. The third-order valence-corrected chi connectivity index (χ3v) is 3.57. The van der Waals surface area contributed by atoms with Crippen molar-refractivity contribution in [1.82, 2.24) is 0 Å². The molecule has 1 saturated heterocycles. The quantitative estimate of drug-likeness (QED) is 0.824. The fraction of sp³-hybridized carbons (Fsp3) is 0.429. The summed E-state index contributed by atoms with van der Waals surface area (Å²) in [6, 6.07) is 5.08. The summed E-state index contributed by atoms with van der Waals surface area (Å²) in [5.74, 6) is 0.335. The van der Waals surface area contributed by atoms with Gasteiger partial charge in [-0.25, -0.2) is 0 Å². The third kappa shape index (κ3) is 2.10. The summed E-state index contributed by atoms with van der Waals surface area (Å²) in [7, 11) is 0. The Bertz CT molecular complexity index is 546. The highest BCUT2D eigenvalue weighted by molar-refractivity contribution is 6.04. The van der Waals surface area contributed by atoms with Gasteiger partial charge in [-0.2, -0.15) is 0 Å². The van der Waals surface area contributed by atoms with Gasteiger partial charge in [0.05, 0.1) is 5.69 Å². The molecule has 1 aromatic rings. The van der Waals surface area contributed by atoms with Crippen molar-refractivity contribution in [2.45, 2.75) is 25.4 Å². The van der Waals surface area contributed by atoms with E-state index in [0.717, 1.165) is 12.8 Å². The van der Waals surface area contributed by atoms with Gasteiger partial charge in [-0.05, 0) is 38.0 Å². The van der Waals surface area contributed by atoms with E-state index in [4.69, 9.17) is 9.47 Å². The first kappa shape index (κ1) is 12.2. The summed E-state index contributed by atoms with van der Waals surface area (Å²) in [6.07, 6.45) is 1.62. The number of fused-ring (bicyclic) bond motifs is 1. The van der Waals surface area contributed by atoms with E-state index in [1.165, 1.54) is 0 Å². The Labute approximate surface area is 110 Å². The topological polar surface area (TPSA) is 64.6 Å². The van der Waals surface area contributed by atoms with Crippen LogP contribution in [0.1, 0.15) is 30.1 Å². The zero-order valence-electron chi connectivity index (χ0n) is 10.7. The summed E-state index contributed by atoms with van der Waals surface area (Å²) < 4.78 is 10.8. The van der Waals surface area contributed by atoms with Gasteiger partial charge in [-0.15, -0.1) is 0 Å². The van der Waals surface area contributed by atoms with Crippen LogP contribution in [-0.2, 0) is 9.53 Å². The number of hydrogen-bond donors (Lipinski definition) is 1. The SMILES string of the molecule is CC1(C(=O)c2ccc3c(c2)NC(=O)CO3)CCCO1. The maximum Gasteiger partial charge on any atom is 0.262 e. The third-order valence-electron chi connectivity index (χ3n) is 3.57. The van der Waals surface area contributed by atoms with Crippen molar-refractivity contribution in [2.75, 3.05) is 18.5 Å². The Hall–Kier alpha value is -1.88. The zero-order valence-corrected chi connectivity index (χ0v) is 10.7. The maximum absolute atomic E-state index is 12.5. The van der Waals surface area contributed by atoms with E-state index in [1.807, 2.05) is 6.92 Å². The number of amides is 1. The number of hydrogen-bond acceptors (Lipinski definition) is 4. The Morgan fingerprint density at radius 2 is 2.26 bits per heavy atom. The highest BCUT2D eigenvalue weighted by atomic mass is 16.5. The molecule has 0 saturated carbocycles. The molecule has 19 heavy (non-hydrogen) atoms. The lowest BCUT2D eigenvalue weighted by Crippen LogP contribution is -2.34. The van der Waals surface area contributed by atoms with Gasteiger partial charge in [0.25, 0.3) is 5.91 Å². The Kier molecular flexibility index (Phi) is 2.78. The number of benzene rings is 1. The molecule has 3 rings (SSSR count). The number of carbonyl (C=O) groups is 2. The summed E-state index contributed by atoms with van der Waals surface area (Å²) in [5, 5.41) is 2.70. The Morgan fingerprint density at radius 1 is 1.42 bits per heavy atom. The van der Waals surface area contributed by atoms with Crippen LogP contribution >= 0.6 is 0 Å². The molecule has 5 heteroatoms. The molecule has 5 nitrogen and oxygen atoms in total. The maximum atomic E-state index is 12.5. The minimum atomic E-state index is -0.742. The van der Waals surface area contributed by atoms with Crippen LogP contribution in [0.2, 0.25) is 0 Å². The van der Waals surface area contributed by atoms with Crippen molar-refractivity contribution in [1.29, 1.82) is 0 Å². The molecule has 0 spiro atoms. The van der Waals surface area contributed by atoms with E-state index < -0.39 is 5.60 Å². The first-order valence-electron chi connectivity index (χ1n) is 6.34. The zero-order chi connectivity index (χ0) is 13.5. The molecule has 1 unspecified atom stereocenters. The van der Waals surface area contributed by atoms with Crippen molar-refractivity contribution in [3.8, 4) is 5.75 Å². The molecule has 1 aromatic carbocycles. The molecule has 2 aliphatic heterocycles. The molecule has 0 aliphatic carbocycles. The molecule has 0 bridgehead atoms. The van der Waals surface area contributed by atoms with Gasteiger partial charge in [0.1, 0.15) is 11.4 Å². The van der Waals surface area contributed by atoms with Crippen molar-refractivity contribution < 1.29 is 19.1 Å². The summed E-state index contributed by atoms with van der Waals surface area (Å²) in [5.41, 5.74) is 0.339. The van der Waals surface area contributed by atoms with Crippen molar-refractivity contribution in [2.24, 2.45) is 0 Å². The number of nitrogens with one attached hydrogen (secondary N) is 1. The predicted octanol–water partition coefficient (Wildman–Crippen LogP) is 1.77. The molecule has 100 valence electrons. The normalized spacial score (nSPS) is 25.4. The predicted molar refractivity (Wildman–Crippen MR) is 68.5 cm³/mol. The van der Waals surface area contributed by atoms with Crippen LogP contribution in [0.25, 0.3) is 0 Å². The molecule has 2 heterocycles. The lowest BCUT2D eigenvalue weighted by atomic mass is 9.91. The number of ether oxygens (including phenoxy) is 2. The van der Waals surface area contributed by atoms with E-state index in [1.54, 1.807) is 18.2 Å². The Morgan fingerprint density at radius 3 is 3.00 bits per heavy atom. The average molecular weight is 261 g/mol. The van der Waals surface area contributed by atoms with Crippen LogP contribution in [0.4, 0.5) is 5.69 Å². The van der Waals surface area contributed by atoms with E-state index in [0.29, 0.717) is 23.6 Å². The first-order valence-corrected chi connectivity index (χ1v) is 6.34. The lowest BCUT2D eigenvalue weighted by Gasteiger charge is -2.23. The molecule has 1 N–H and O–H groups in total. The van der Waals surface area contributed by atoms with E-state index in [2.05, 4.69) is 5.32 Å². The summed E-state index contributed by atoms with van der Waals surface area (Å²) >= 11 is 0. The largest absolute Gasteiger partial charge is 0.482 e. The highest BCUT2D eigenvalue weighted by Gasteiger charge is 2.38. The average Bonchev–Trinajstić information content (AvgIpc) is 2.85. The van der Waals surface area contributed by atoms with Gasteiger partial charge in [-0.1, -0.05) is 0 Å². The van der Waals surface area contributed by atoms with Crippen molar-refractivity contribution in [3.05, 3.63) is 23.8 Å². The molecule has 0 aromatic heterocycles. The molecular weight excluding hydrogens is 246 g/mol.